The Bertz CT molecular complexity index is 605. The van der Waals surface area contributed by atoms with E-state index in [9.17, 15) is 9.90 Å². The van der Waals surface area contributed by atoms with Gasteiger partial charge in [0.25, 0.3) is 0 Å². The van der Waals surface area contributed by atoms with Crippen molar-refractivity contribution in [3.8, 4) is 0 Å². The zero-order valence-electron chi connectivity index (χ0n) is 13.0. The summed E-state index contributed by atoms with van der Waals surface area (Å²) in [6, 6.07) is 19.9. The molecule has 1 fully saturated rings. The maximum atomic E-state index is 11.5. The monoisotopic (exact) mass is 310 g/mol. The Morgan fingerprint density at radius 1 is 1.09 bits per heavy atom. The lowest BCUT2D eigenvalue weighted by Gasteiger charge is -2.27. The second-order valence-electron chi connectivity index (χ2n) is 6.18. The highest BCUT2D eigenvalue weighted by Crippen LogP contribution is 2.28. The molecule has 0 aromatic heterocycles. The smallest absolute Gasteiger partial charge is 0.320 e. The number of nitrogens with zero attached hydrogens (tertiary/aromatic N) is 1. The van der Waals surface area contributed by atoms with E-state index in [1.54, 1.807) is 0 Å². The first kappa shape index (κ1) is 15.7. The van der Waals surface area contributed by atoms with Crippen molar-refractivity contribution in [2.45, 2.75) is 24.4 Å². The SMILES string of the molecule is N[C@H]1C[C@@H](C(=O)O)N(CC(c2ccccc2)c2ccccc2)C1. The summed E-state index contributed by atoms with van der Waals surface area (Å²) in [6.07, 6.45) is 0.519. The summed E-state index contributed by atoms with van der Waals surface area (Å²) in [5, 5.41) is 9.46. The Balaban J connectivity index is 1.89. The molecule has 0 spiro atoms. The highest BCUT2D eigenvalue weighted by molar-refractivity contribution is 5.74. The van der Waals surface area contributed by atoms with Gasteiger partial charge in [0, 0.05) is 25.0 Å². The van der Waals surface area contributed by atoms with E-state index in [1.165, 1.54) is 11.1 Å². The van der Waals surface area contributed by atoms with Crippen LogP contribution in [0.15, 0.2) is 60.7 Å². The van der Waals surface area contributed by atoms with Crippen LogP contribution >= 0.6 is 0 Å². The maximum Gasteiger partial charge on any atom is 0.320 e. The summed E-state index contributed by atoms with van der Waals surface area (Å²) in [7, 11) is 0. The fourth-order valence-electron chi connectivity index (χ4n) is 3.41. The predicted octanol–water partition coefficient (Wildman–Crippen LogP) is 2.30. The Hall–Kier alpha value is -2.17. The molecule has 0 aliphatic carbocycles. The van der Waals surface area contributed by atoms with E-state index in [1.807, 2.05) is 41.3 Å². The van der Waals surface area contributed by atoms with Gasteiger partial charge in [-0.05, 0) is 17.5 Å². The largest absolute Gasteiger partial charge is 0.480 e. The number of carbonyl (C=O) groups is 1. The van der Waals surface area contributed by atoms with Gasteiger partial charge in [-0.25, -0.2) is 0 Å². The summed E-state index contributed by atoms with van der Waals surface area (Å²) in [4.78, 5) is 13.5. The number of carboxylic acids is 1. The fraction of sp³-hybridized carbons (Fsp3) is 0.316. The predicted molar refractivity (Wildman–Crippen MR) is 90.3 cm³/mol. The van der Waals surface area contributed by atoms with Gasteiger partial charge in [0.2, 0.25) is 0 Å². The van der Waals surface area contributed by atoms with Crippen LogP contribution in [0.2, 0.25) is 0 Å². The van der Waals surface area contributed by atoms with Crippen LogP contribution in [0.3, 0.4) is 0 Å². The van der Waals surface area contributed by atoms with Crippen molar-refractivity contribution in [2.75, 3.05) is 13.1 Å². The van der Waals surface area contributed by atoms with E-state index >= 15 is 0 Å². The molecule has 23 heavy (non-hydrogen) atoms. The molecule has 1 saturated heterocycles. The average molecular weight is 310 g/mol. The van der Waals surface area contributed by atoms with Crippen LogP contribution in [0.1, 0.15) is 23.5 Å². The summed E-state index contributed by atoms with van der Waals surface area (Å²) < 4.78 is 0. The summed E-state index contributed by atoms with van der Waals surface area (Å²) in [5.41, 5.74) is 8.40. The van der Waals surface area contributed by atoms with Crippen LogP contribution in [-0.2, 0) is 4.79 Å². The Labute approximate surface area is 136 Å². The van der Waals surface area contributed by atoms with Gasteiger partial charge in [-0.15, -0.1) is 0 Å². The number of nitrogens with two attached hydrogens (primary N) is 1. The molecule has 120 valence electrons. The third-order valence-corrected chi connectivity index (χ3v) is 4.54. The second-order valence-corrected chi connectivity index (χ2v) is 6.18. The molecule has 1 aliphatic heterocycles. The molecule has 1 heterocycles. The molecule has 2 aromatic carbocycles. The lowest BCUT2D eigenvalue weighted by atomic mass is 9.90. The standard InChI is InChI=1S/C19H22N2O2/c20-16-11-18(19(22)23)21(12-16)13-17(14-7-3-1-4-8-14)15-9-5-2-6-10-15/h1-10,16-18H,11-13,20H2,(H,22,23)/t16-,18-/m0/s1. The normalized spacial score (nSPS) is 21.7. The number of likely N-dealkylation sites (tertiary alicyclic amines) is 1. The molecular weight excluding hydrogens is 288 g/mol. The number of hydrogen-bond donors (Lipinski definition) is 2. The maximum absolute atomic E-state index is 11.5. The van der Waals surface area contributed by atoms with Crippen molar-refractivity contribution in [1.82, 2.24) is 4.90 Å². The van der Waals surface area contributed by atoms with E-state index in [2.05, 4.69) is 24.3 Å². The molecule has 0 amide bonds. The van der Waals surface area contributed by atoms with Crippen LogP contribution in [0.25, 0.3) is 0 Å². The number of benzene rings is 2. The van der Waals surface area contributed by atoms with Crippen molar-refractivity contribution >= 4 is 5.97 Å². The number of carboxylic acid groups (broad SMARTS) is 1. The zero-order valence-corrected chi connectivity index (χ0v) is 13.0. The van der Waals surface area contributed by atoms with E-state index < -0.39 is 12.0 Å². The third-order valence-electron chi connectivity index (χ3n) is 4.54. The minimum atomic E-state index is -0.780. The third kappa shape index (κ3) is 3.60. The first-order chi connectivity index (χ1) is 11.1. The van der Waals surface area contributed by atoms with Crippen LogP contribution in [0.4, 0.5) is 0 Å². The summed E-state index contributed by atoms with van der Waals surface area (Å²) in [5.74, 6) is -0.637. The Morgan fingerprint density at radius 2 is 1.61 bits per heavy atom. The van der Waals surface area contributed by atoms with Crippen molar-refractivity contribution in [2.24, 2.45) is 5.73 Å². The van der Waals surface area contributed by atoms with Gasteiger partial charge in [0.15, 0.2) is 0 Å². The molecule has 4 heteroatoms. The highest BCUT2D eigenvalue weighted by atomic mass is 16.4. The van der Waals surface area contributed by atoms with Gasteiger partial charge in [-0.3, -0.25) is 9.69 Å². The van der Waals surface area contributed by atoms with E-state index in [0.29, 0.717) is 19.5 Å². The van der Waals surface area contributed by atoms with Gasteiger partial charge < -0.3 is 10.8 Å². The zero-order chi connectivity index (χ0) is 16.2. The van der Waals surface area contributed by atoms with Crippen molar-refractivity contribution in [3.63, 3.8) is 0 Å². The lowest BCUT2D eigenvalue weighted by molar-refractivity contribution is -0.142. The molecule has 0 radical (unpaired) electrons. The first-order valence-corrected chi connectivity index (χ1v) is 7.97. The number of hydrogen-bond acceptors (Lipinski definition) is 3. The van der Waals surface area contributed by atoms with Crippen molar-refractivity contribution < 1.29 is 9.90 Å². The molecule has 0 saturated carbocycles. The van der Waals surface area contributed by atoms with E-state index in [0.717, 1.165) is 0 Å². The molecule has 3 N–H and O–H groups in total. The molecule has 0 bridgehead atoms. The minimum absolute atomic E-state index is 0.0664. The second kappa shape index (κ2) is 6.94. The van der Waals surface area contributed by atoms with Gasteiger partial charge >= 0.3 is 5.97 Å². The molecule has 4 nitrogen and oxygen atoms in total. The van der Waals surface area contributed by atoms with Gasteiger partial charge in [0.1, 0.15) is 6.04 Å². The topological polar surface area (TPSA) is 66.6 Å². The summed E-state index contributed by atoms with van der Waals surface area (Å²) >= 11 is 0. The van der Waals surface area contributed by atoms with Gasteiger partial charge in [-0.2, -0.15) is 0 Å². The molecule has 1 aliphatic rings. The molecule has 2 aromatic rings. The van der Waals surface area contributed by atoms with Gasteiger partial charge in [-0.1, -0.05) is 60.7 Å². The van der Waals surface area contributed by atoms with Crippen LogP contribution in [-0.4, -0.2) is 41.1 Å². The van der Waals surface area contributed by atoms with Gasteiger partial charge in [0.05, 0.1) is 0 Å². The van der Waals surface area contributed by atoms with Crippen LogP contribution in [0, 0.1) is 0 Å². The quantitative estimate of drug-likeness (QED) is 0.889. The Kier molecular flexibility index (Phi) is 4.74. The van der Waals surface area contributed by atoms with Crippen molar-refractivity contribution in [3.05, 3.63) is 71.8 Å². The fourth-order valence-corrected chi connectivity index (χ4v) is 3.41. The lowest BCUT2D eigenvalue weighted by Crippen LogP contribution is -2.39. The summed E-state index contributed by atoms with van der Waals surface area (Å²) in [6.45, 7) is 1.30. The molecular formula is C19H22N2O2. The molecule has 0 unspecified atom stereocenters. The Morgan fingerprint density at radius 3 is 2.09 bits per heavy atom. The molecule has 2 atom stereocenters. The first-order valence-electron chi connectivity index (χ1n) is 7.97. The minimum Gasteiger partial charge on any atom is -0.480 e. The van der Waals surface area contributed by atoms with Crippen molar-refractivity contribution in [1.29, 1.82) is 0 Å². The van der Waals surface area contributed by atoms with Crippen LogP contribution in [0.5, 0.6) is 0 Å². The highest BCUT2D eigenvalue weighted by Gasteiger charge is 2.36. The number of rotatable bonds is 5. The average Bonchev–Trinajstić information content (AvgIpc) is 2.95. The van der Waals surface area contributed by atoms with Crippen LogP contribution < -0.4 is 5.73 Å². The van der Waals surface area contributed by atoms with E-state index in [-0.39, 0.29) is 12.0 Å². The van der Waals surface area contributed by atoms with E-state index in [4.69, 9.17) is 5.73 Å². The number of aliphatic carboxylic acids is 1. The molecule has 3 rings (SSSR count).